The third kappa shape index (κ3) is 3.34. The van der Waals surface area contributed by atoms with Crippen molar-refractivity contribution in [3.63, 3.8) is 0 Å². The van der Waals surface area contributed by atoms with Crippen molar-refractivity contribution in [1.82, 2.24) is 5.32 Å². The monoisotopic (exact) mass is 253 g/mol. The van der Waals surface area contributed by atoms with Crippen LogP contribution in [0.2, 0.25) is 0 Å². The van der Waals surface area contributed by atoms with Crippen LogP contribution in [0.25, 0.3) is 0 Å². The van der Waals surface area contributed by atoms with Crippen LogP contribution in [0.3, 0.4) is 0 Å². The predicted molar refractivity (Wildman–Crippen MR) is 61.1 cm³/mol. The van der Waals surface area contributed by atoms with Crippen molar-refractivity contribution in [2.24, 2.45) is 0 Å². The number of nitrogens with one attached hydrogen (secondary N) is 1. The number of hydrogen-bond acceptors (Lipinski definition) is 1. The zero-order valence-corrected chi connectivity index (χ0v) is 9.38. The summed E-state index contributed by atoms with van der Waals surface area (Å²) in [4.78, 5) is 11.3. The molecule has 1 rings (SSSR count). The zero-order valence-electron chi connectivity index (χ0n) is 7.79. The van der Waals surface area contributed by atoms with E-state index < -0.39 is 0 Å². The van der Waals surface area contributed by atoms with Crippen molar-refractivity contribution >= 4 is 21.8 Å². The first kappa shape index (κ1) is 11.0. The van der Waals surface area contributed by atoms with Gasteiger partial charge < -0.3 is 5.32 Å². The Kier molecular flexibility index (Phi) is 4.40. The van der Waals surface area contributed by atoms with E-state index in [-0.39, 0.29) is 5.91 Å². The number of amides is 1. The Morgan fingerprint density at radius 1 is 1.50 bits per heavy atom. The van der Waals surface area contributed by atoms with Gasteiger partial charge in [0.15, 0.2) is 0 Å². The molecular weight excluding hydrogens is 242 g/mol. The van der Waals surface area contributed by atoms with Gasteiger partial charge in [0.2, 0.25) is 5.91 Å². The maximum atomic E-state index is 11.3. The average molecular weight is 254 g/mol. The lowest BCUT2D eigenvalue weighted by Crippen LogP contribution is -2.25. The van der Waals surface area contributed by atoms with Gasteiger partial charge in [0.25, 0.3) is 0 Å². The maximum Gasteiger partial charge on any atom is 0.224 e. The SMILES string of the molecule is C=CCNC(=O)Cc1ccccc1Br. The number of benzene rings is 1. The topological polar surface area (TPSA) is 29.1 Å². The summed E-state index contributed by atoms with van der Waals surface area (Å²) in [6.07, 6.45) is 2.06. The number of carbonyl (C=O) groups excluding carboxylic acids is 1. The number of carbonyl (C=O) groups is 1. The van der Waals surface area contributed by atoms with Gasteiger partial charge in [0.1, 0.15) is 0 Å². The first-order valence-corrected chi connectivity index (χ1v) is 5.14. The average Bonchev–Trinajstić information content (AvgIpc) is 2.18. The van der Waals surface area contributed by atoms with Crippen molar-refractivity contribution in [2.45, 2.75) is 6.42 Å². The molecule has 0 aliphatic carbocycles. The molecule has 14 heavy (non-hydrogen) atoms. The summed E-state index contributed by atoms with van der Waals surface area (Å²) in [5, 5.41) is 2.73. The molecule has 0 radical (unpaired) electrons. The van der Waals surface area contributed by atoms with Gasteiger partial charge in [-0.05, 0) is 11.6 Å². The minimum absolute atomic E-state index is 0.0109. The summed E-state index contributed by atoms with van der Waals surface area (Å²) >= 11 is 3.39. The van der Waals surface area contributed by atoms with Crippen LogP contribution in [-0.2, 0) is 11.2 Å². The first-order valence-electron chi connectivity index (χ1n) is 4.35. The second-order valence-corrected chi connectivity index (χ2v) is 3.72. The highest BCUT2D eigenvalue weighted by molar-refractivity contribution is 9.10. The molecule has 1 aromatic carbocycles. The van der Waals surface area contributed by atoms with Gasteiger partial charge in [-0.3, -0.25) is 4.79 Å². The lowest BCUT2D eigenvalue weighted by atomic mass is 10.1. The van der Waals surface area contributed by atoms with Gasteiger partial charge in [-0.1, -0.05) is 40.2 Å². The van der Waals surface area contributed by atoms with E-state index in [0.717, 1.165) is 10.0 Å². The third-order valence-corrected chi connectivity index (χ3v) is 2.53. The molecule has 0 unspecified atom stereocenters. The molecule has 1 N–H and O–H groups in total. The van der Waals surface area contributed by atoms with Crippen molar-refractivity contribution in [3.8, 4) is 0 Å². The summed E-state index contributed by atoms with van der Waals surface area (Å²) < 4.78 is 0.966. The van der Waals surface area contributed by atoms with Gasteiger partial charge in [-0.15, -0.1) is 6.58 Å². The highest BCUT2D eigenvalue weighted by atomic mass is 79.9. The summed E-state index contributed by atoms with van der Waals surface area (Å²) in [5.41, 5.74) is 0.995. The standard InChI is InChI=1S/C11H12BrNO/c1-2-7-13-11(14)8-9-5-3-4-6-10(9)12/h2-6H,1,7-8H2,(H,13,14). The fourth-order valence-electron chi connectivity index (χ4n) is 1.06. The molecule has 0 aliphatic heterocycles. The second-order valence-electron chi connectivity index (χ2n) is 2.86. The lowest BCUT2D eigenvalue weighted by molar-refractivity contribution is -0.120. The van der Waals surface area contributed by atoms with E-state index in [1.165, 1.54) is 0 Å². The molecule has 1 amide bonds. The smallest absolute Gasteiger partial charge is 0.224 e. The minimum atomic E-state index is 0.0109. The van der Waals surface area contributed by atoms with E-state index in [2.05, 4.69) is 27.8 Å². The Morgan fingerprint density at radius 2 is 2.21 bits per heavy atom. The van der Waals surface area contributed by atoms with Crippen LogP contribution in [-0.4, -0.2) is 12.5 Å². The molecule has 0 aliphatic rings. The molecule has 0 saturated carbocycles. The van der Waals surface area contributed by atoms with Crippen molar-refractivity contribution in [2.75, 3.05) is 6.54 Å². The minimum Gasteiger partial charge on any atom is -0.352 e. The Labute approximate surface area is 92.1 Å². The first-order chi connectivity index (χ1) is 6.74. The van der Waals surface area contributed by atoms with E-state index in [0.29, 0.717) is 13.0 Å². The summed E-state index contributed by atoms with van der Waals surface area (Å²) in [6, 6.07) is 7.70. The molecule has 0 saturated heterocycles. The van der Waals surface area contributed by atoms with E-state index in [1.54, 1.807) is 6.08 Å². The van der Waals surface area contributed by atoms with Crippen LogP contribution in [0.4, 0.5) is 0 Å². The maximum absolute atomic E-state index is 11.3. The molecule has 0 heterocycles. The van der Waals surface area contributed by atoms with E-state index in [1.807, 2.05) is 24.3 Å². The molecule has 0 aromatic heterocycles. The molecule has 0 bridgehead atoms. The molecule has 0 fully saturated rings. The van der Waals surface area contributed by atoms with Gasteiger partial charge in [0.05, 0.1) is 6.42 Å². The number of rotatable bonds is 4. The van der Waals surface area contributed by atoms with Crippen LogP contribution >= 0.6 is 15.9 Å². The van der Waals surface area contributed by atoms with E-state index >= 15 is 0 Å². The Morgan fingerprint density at radius 3 is 2.86 bits per heavy atom. The zero-order chi connectivity index (χ0) is 10.4. The highest BCUT2D eigenvalue weighted by Crippen LogP contribution is 2.15. The molecule has 3 heteroatoms. The van der Waals surface area contributed by atoms with Crippen LogP contribution in [0.1, 0.15) is 5.56 Å². The summed E-state index contributed by atoms with van der Waals surface area (Å²) in [6.45, 7) is 4.05. The van der Waals surface area contributed by atoms with E-state index in [9.17, 15) is 4.79 Å². The fourth-order valence-corrected chi connectivity index (χ4v) is 1.49. The lowest BCUT2D eigenvalue weighted by Gasteiger charge is -2.04. The van der Waals surface area contributed by atoms with Crippen LogP contribution in [0.5, 0.6) is 0 Å². The molecular formula is C11H12BrNO. The van der Waals surface area contributed by atoms with Gasteiger partial charge in [0, 0.05) is 11.0 Å². The van der Waals surface area contributed by atoms with E-state index in [4.69, 9.17) is 0 Å². The molecule has 0 atom stereocenters. The molecule has 74 valence electrons. The second kappa shape index (κ2) is 5.60. The van der Waals surface area contributed by atoms with Crippen molar-refractivity contribution < 1.29 is 4.79 Å². The van der Waals surface area contributed by atoms with Crippen LogP contribution in [0, 0.1) is 0 Å². The summed E-state index contributed by atoms with van der Waals surface area (Å²) in [7, 11) is 0. The fraction of sp³-hybridized carbons (Fsp3) is 0.182. The van der Waals surface area contributed by atoms with Crippen molar-refractivity contribution in [1.29, 1.82) is 0 Å². The van der Waals surface area contributed by atoms with Gasteiger partial charge in [-0.2, -0.15) is 0 Å². The quantitative estimate of drug-likeness (QED) is 0.820. The number of hydrogen-bond donors (Lipinski definition) is 1. The Bertz CT molecular complexity index is 336. The van der Waals surface area contributed by atoms with Gasteiger partial charge in [-0.25, -0.2) is 0 Å². The number of halogens is 1. The largest absolute Gasteiger partial charge is 0.352 e. The highest BCUT2D eigenvalue weighted by Gasteiger charge is 2.04. The summed E-state index contributed by atoms with van der Waals surface area (Å²) in [5.74, 6) is 0.0109. The normalized spacial score (nSPS) is 9.50. The van der Waals surface area contributed by atoms with Crippen LogP contribution < -0.4 is 5.32 Å². The molecule has 2 nitrogen and oxygen atoms in total. The Hall–Kier alpha value is -1.09. The van der Waals surface area contributed by atoms with Crippen LogP contribution in [0.15, 0.2) is 41.4 Å². The third-order valence-electron chi connectivity index (χ3n) is 1.75. The molecule has 1 aromatic rings. The molecule has 0 spiro atoms. The van der Waals surface area contributed by atoms with Crippen molar-refractivity contribution in [3.05, 3.63) is 47.0 Å². The van der Waals surface area contributed by atoms with Gasteiger partial charge >= 0.3 is 0 Å². The Balaban J connectivity index is 2.56. The predicted octanol–water partition coefficient (Wildman–Crippen LogP) is 2.29.